The number of methoxy groups -OCH3 is 1. The van der Waals surface area contributed by atoms with Gasteiger partial charge in [0.1, 0.15) is 11.4 Å². The SMILES string of the molecule is CO[C@@](C)(C(=O)Nc1cc(C)c(OCC(C)C)c(C)c1)C1CC1. The van der Waals surface area contributed by atoms with E-state index in [1.54, 1.807) is 7.11 Å². The van der Waals surface area contributed by atoms with Crippen molar-refractivity contribution in [1.82, 2.24) is 0 Å². The van der Waals surface area contributed by atoms with Gasteiger partial charge in [-0.2, -0.15) is 0 Å². The Labute approximate surface area is 139 Å². The average Bonchev–Trinajstić information content (AvgIpc) is 3.30. The van der Waals surface area contributed by atoms with Crippen LogP contribution >= 0.6 is 0 Å². The van der Waals surface area contributed by atoms with Crippen molar-refractivity contribution >= 4 is 11.6 Å². The minimum Gasteiger partial charge on any atom is -0.493 e. The van der Waals surface area contributed by atoms with E-state index in [2.05, 4.69) is 19.2 Å². The van der Waals surface area contributed by atoms with Crippen LogP contribution in [0.4, 0.5) is 5.69 Å². The van der Waals surface area contributed by atoms with Crippen molar-refractivity contribution in [2.24, 2.45) is 11.8 Å². The fraction of sp³-hybridized carbons (Fsp3) is 0.632. The number of carbonyl (C=O) groups is 1. The number of ether oxygens (including phenoxy) is 2. The first-order valence-corrected chi connectivity index (χ1v) is 8.38. The lowest BCUT2D eigenvalue weighted by Gasteiger charge is -2.27. The maximum Gasteiger partial charge on any atom is 0.256 e. The second-order valence-electron chi connectivity index (χ2n) is 7.18. The molecule has 1 atom stereocenters. The van der Waals surface area contributed by atoms with E-state index < -0.39 is 5.60 Å². The Morgan fingerprint density at radius 3 is 2.30 bits per heavy atom. The molecule has 2 rings (SSSR count). The summed E-state index contributed by atoms with van der Waals surface area (Å²) in [4.78, 5) is 12.6. The molecule has 0 aliphatic heterocycles. The molecule has 0 saturated heterocycles. The molecule has 1 N–H and O–H groups in total. The minimum atomic E-state index is -0.741. The smallest absolute Gasteiger partial charge is 0.256 e. The summed E-state index contributed by atoms with van der Waals surface area (Å²) in [5, 5.41) is 3.01. The van der Waals surface area contributed by atoms with Gasteiger partial charge in [-0.1, -0.05) is 13.8 Å². The summed E-state index contributed by atoms with van der Waals surface area (Å²) >= 11 is 0. The second kappa shape index (κ2) is 6.91. The number of hydrogen-bond donors (Lipinski definition) is 1. The lowest BCUT2D eigenvalue weighted by atomic mass is 9.98. The Bertz CT molecular complexity index is 555. The highest BCUT2D eigenvalue weighted by molar-refractivity contribution is 5.97. The number of nitrogens with one attached hydrogen (secondary N) is 1. The molecule has 1 aliphatic carbocycles. The summed E-state index contributed by atoms with van der Waals surface area (Å²) in [5.41, 5.74) is 2.12. The zero-order chi connectivity index (χ0) is 17.2. The summed E-state index contributed by atoms with van der Waals surface area (Å²) in [7, 11) is 1.61. The lowest BCUT2D eigenvalue weighted by Crippen LogP contribution is -2.44. The van der Waals surface area contributed by atoms with Crippen molar-refractivity contribution in [2.45, 2.75) is 53.1 Å². The summed E-state index contributed by atoms with van der Waals surface area (Å²) in [6.45, 7) is 10.8. The lowest BCUT2D eigenvalue weighted by molar-refractivity contribution is -0.138. The molecule has 0 aromatic heterocycles. The molecule has 1 aromatic rings. The van der Waals surface area contributed by atoms with Gasteiger partial charge in [-0.15, -0.1) is 0 Å². The summed E-state index contributed by atoms with van der Waals surface area (Å²) in [6.07, 6.45) is 2.11. The molecule has 1 saturated carbocycles. The van der Waals surface area contributed by atoms with Gasteiger partial charge >= 0.3 is 0 Å². The van der Waals surface area contributed by atoms with E-state index >= 15 is 0 Å². The fourth-order valence-electron chi connectivity index (χ4n) is 2.83. The zero-order valence-electron chi connectivity index (χ0n) is 15.2. The molecule has 4 nitrogen and oxygen atoms in total. The monoisotopic (exact) mass is 319 g/mol. The first-order chi connectivity index (χ1) is 10.8. The summed E-state index contributed by atoms with van der Waals surface area (Å²) in [5.74, 6) is 1.64. The number of anilines is 1. The second-order valence-corrected chi connectivity index (χ2v) is 7.18. The Kier molecular flexibility index (Phi) is 5.35. The minimum absolute atomic E-state index is 0.0721. The molecule has 0 heterocycles. The molecule has 0 radical (unpaired) electrons. The quantitative estimate of drug-likeness (QED) is 0.823. The number of benzene rings is 1. The van der Waals surface area contributed by atoms with Gasteiger partial charge in [-0.05, 0) is 68.7 Å². The zero-order valence-corrected chi connectivity index (χ0v) is 15.2. The molecule has 1 amide bonds. The Morgan fingerprint density at radius 2 is 1.87 bits per heavy atom. The Hall–Kier alpha value is -1.55. The van der Waals surface area contributed by atoms with E-state index in [-0.39, 0.29) is 5.91 Å². The van der Waals surface area contributed by atoms with Gasteiger partial charge in [0, 0.05) is 12.8 Å². The van der Waals surface area contributed by atoms with Crippen LogP contribution in [0.25, 0.3) is 0 Å². The van der Waals surface area contributed by atoms with Gasteiger partial charge in [-0.3, -0.25) is 4.79 Å². The van der Waals surface area contributed by atoms with Crippen LogP contribution in [0.5, 0.6) is 5.75 Å². The number of aryl methyl sites for hydroxylation is 2. The predicted molar refractivity (Wildman–Crippen MR) is 93.0 cm³/mol. The number of carbonyl (C=O) groups excluding carboxylic acids is 1. The topological polar surface area (TPSA) is 47.6 Å². The van der Waals surface area contributed by atoms with E-state index in [0.29, 0.717) is 18.4 Å². The number of rotatable bonds is 7. The molecule has 23 heavy (non-hydrogen) atoms. The third-order valence-corrected chi connectivity index (χ3v) is 4.51. The van der Waals surface area contributed by atoms with E-state index in [1.807, 2.05) is 32.9 Å². The molecule has 128 valence electrons. The van der Waals surface area contributed by atoms with Crippen LogP contribution in [-0.4, -0.2) is 25.2 Å². The number of hydrogen-bond acceptors (Lipinski definition) is 3. The van der Waals surface area contributed by atoms with Crippen LogP contribution in [0, 0.1) is 25.7 Å². The van der Waals surface area contributed by atoms with Gasteiger partial charge in [0.2, 0.25) is 0 Å². The fourth-order valence-corrected chi connectivity index (χ4v) is 2.83. The Balaban J connectivity index is 2.13. The molecule has 1 fully saturated rings. The normalized spacial score (nSPS) is 17.0. The Morgan fingerprint density at radius 1 is 1.30 bits per heavy atom. The average molecular weight is 319 g/mol. The standard InChI is InChI=1S/C19H29NO3/c1-12(2)11-23-17-13(3)9-16(10-14(17)4)20-18(21)19(5,22-6)15-7-8-15/h9-10,12,15H,7-8,11H2,1-6H3,(H,20,21)/t19-/m1/s1. The van der Waals surface area contributed by atoms with Crippen LogP contribution < -0.4 is 10.1 Å². The van der Waals surface area contributed by atoms with Crippen molar-refractivity contribution in [3.05, 3.63) is 23.3 Å². The number of amides is 1. The van der Waals surface area contributed by atoms with E-state index in [4.69, 9.17) is 9.47 Å². The van der Waals surface area contributed by atoms with Crippen LogP contribution in [-0.2, 0) is 9.53 Å². The van der Waals surface area contributed by atoms with Crippen molar-refractivity contribution < 1.29 is 14.3 Å². The molecule has 4 heteroatoms. The van der Waals surface area contributed by atoms with Crippen molar-refractivity contribution in [2.75, 3.05) is 19.0 Å². The van der Waals surface area contributed by atoms with E-state index in [1.165, 1.54) is 0 Å². The summed E-state index contributed by atoms with van der Waals surface area (Å²) < 4.78 is 11.4. The van der Waals surface area contributed by atoms with Gasteiger partial charge in [0.05, 0.1) is 6.61 Å². The predicted octanol–water partition coefficient (Wildman–Crippen LogP) is 4.09. The van der Waals surface area contributed by atoms with Gasteiger partial charge in [-0.25, -0.2) is 0 Å². The van der Waals surface area contributed by atoms with Crippen molar-refractivity contribution in [1.29, 1.82) is 0 Å². The molecule has 1 aliphatic rings. The molecule has 0 unspecified atom stereocenters. The largest absolute Gasteiger partial charge is 0.493 e. The van der Waals surface area contributed by atoms with Crippen molar-refractivity contribution in [3.63, 3.8) is 0 Å². The van der Waals surface area contributed by atoms with Crippen LogP contribution in [0.3, 0.4) is 0 Å². The van der Waals surface area contributed by atoms with Crippen LogP contribution in [0.15, 0.2) is 12.1 Å². The summed E-state index contributed by atoms with van der Waals surface area (Å²) in [6, 6.07) is 3.92. The molecule has 0 bridgehead atoms. The molecular weight excluding hydrogens is 290 g/mol. The molecular formula is C19H29NO3. The highest BCUT2D eigenvalue weighted by atomic mass is 16.5. The van der Waals surface area contributed by atoms with Gasteiger partial charge < -0.3 is 14.8 Å². The van der Waals surface area contributed by atoms with Crippen LogP contribution in [0.1, 0.15) is 44.7 Å². The van der Waals surface area contributed by atoms with E-state index in [0.717, 1.165) is 35.4 Å². The van der Waals surface area contributed by atoms with E-state index in [9.17, 15) is 4.79 Å². The third kappa shape index (κ3) is 4.05. The third-order valence-electron chi connectivity index (χ3n) is 4.51. The highest BCUT2D eigenvalue weighted by Crippen LogP contribution is 2.42. The molecule has 1 aromatic carbocycles. The highest BCUT2D eigenvalue weighted by Gasteiger charge is 2.47. The van der Waals surface area contributed by atoms with Gasteiger partial charge in [0.15, 0.2) is 0 Å². The first kappa shape index (κ1) is 17.8. The van der Waals surface area contributed by atoms with Crippen LogP contribution in [0.2, 0.25) is 0 Å². The maximum atomic E-state index is 12.6. The van der Waals surface area contributed by atoms with Crippen molar-refractivity contribution in [3.8, 4) is 5.75 Å². The van der Waals surface area contributed by atoms with Gasteiger partial charge in [0.25, 0.3) is 5.91 Å². The maximum absolute atomic E-state index is 12.6. The first-order valence-electron chi connectivity index (χ1n) is 8.38. The molecule has 0 spiro atoms.